The summed E-state index contributed by atoms with van der Waals surface area (Å²) >= 11 is 0. The number of hydrogen-bond donors (Lipinski definition) is 1. The number of benzene rings is 2. The van der Waals surface area contributed by atoms with Gasteiger partial charge in [-0.25, -0.2) is 0 Å². The highest BCUT2D eigenvalue weighted by Crippen LogP contribution is 2.42. The zero-order valence-corrected chi connectivity index (χ0v) is 19.8. The van der Waals surface area contributed by atoms with Gasteiger partial charge in [0.15, 0.2) is 11.5 Å². The molecule has 176 valence electrons. The third-order valence-electron chi connectivity index (χ3n) is 5.74. The summed E-state index contributed by atoms with van der Waals surface area (Å²) in [4.78, 5) is 27.7. The number of ether oxygens (including phenoxy) is 3. The van der Waals surface area contributed by atoms with E-state index in [0.717, 1.165) is 11.1 Å². The molecule has 0 bridgehead atoms. The lowest BCUT2D eigenvalue weighted by Gasteiger charge is -2.26. The molecule has 2 aromatic carbocycles. The zero-order chi connectivity index (χ0) is 24.1. The second-order valence-electron chi connectivity index (χ2n) is 8.00. The van der Waals surface area contributed by atoms with E-state index in [9.17, 15) is 14.7 Å². The van der Waals surface area contributed by atoms with Gasteiger partial charge in [0.05, 0.1) is 25.3 Å². The minimum atomic E-state index is -0.758. The fraction of sp³-hybridized carbons (Fsp3) is 0.385. The van der Waals surface area contributed by atoms with Crippen molar-refractivity contribution in [3.8, 4) is 11.5 Å². The number of Topliss-reactive ketones (excluding diaryl/α,β-unsaturated/α-hetero) is 1. The van der Waals surface area contributed by atoms with Crippen molar-refractivity contribution in [1.29, 1.82) is 0 Å². The molecule has 7 nitrogen and oxygen atoms in total. The van der Waals surface area contributed by atoms with E-state index in [4.69, 9.17) is 14.2 Å². The topological polar surface area (TPSA) is 85.3 Å². The molecule has 7 heteroatoms. The van der Waals surface area contributed by atoms with Crippen molar-refractivity contribution in [2.24, 2.45) is 0 Å². The number of aliphatic hydroxyl groups excluding tert-OH is 1. The number of hydrogen-bond acceptors (Lipinski definition) is 6. The Hall–Kier alpha value is -3.32. The molecule has 1 saturated heterocycles. The van der Waals surface area contributed by atoms with Gasteiger partial charge in [0, 0.05) is 25.8 Å². The summed E-state index contributed by atoms with van der Waals surface area (Å²) in [6.45, 7) is 6.87. The van der Waals surface area contributed by atoms with Gasteiger partial charge in [-0.2, -0.15) is 0 Å². The molecule has 1 N–H and O–H groups in total. The number of rotatable bonds is 9. The minimum Gasteiger partial charge on any atom is -0.507 e. The Kier molecular flexibility index (Phi) is 7.76. The molecule has 1 heterocycles. The maximum atomic E-state index is 13.2. The van der Waals surface area contributed by atoms with Crippen LogP contribution in [0.2, 0.25) is 0 Å². The van der Waals surface area contributed by atoms with E-state index < -0.39 is 17.7 Å². The van der Waals surface area contributed by atoms with Crippen molar-refractivity contribution >= 4 is 17.4 Å². The largest absolute Gasteiger partial charge is 0.507 e. The number of carbonyl (C=O) groups is 2. The van der Waals surface area contributed by atoms with Crippen LogP contribution in [-0.4, -0.2) is 55.7 Å². The molecule has 2 aromatic rings. The molecule has 0 radical (unpaired) electrons. The molecule has 1 unspecified atom stereocenters. The first-order valence-electron chi connectivity index (χ1n) is 11.0. The van der Waals surface area contributed by atoms with E-state index in [1.807, 2.05) is 39.0 Å². The fourth-order valence-electron chi connectivity index (χ4n) is 4.10. The van der Waals surface area contributed by atoms with Gasteiger partial charge in [-0.05, 0) is 56.5 Å². The maximum absolute atomic E-state index is 13.2. The smallest absolute Gasteiger partial charge is 0.295 e. The number of nitrogens with zero attached hydrogens (tertiary/aromatic N) is 1. The summed E-state index contributed by atoms with van der Waals surface area (Å²) < 4.78 is 16.2. The summed E-state index contributed by atoms with van der Waals surface area (Å²) in [5, 5.41) is 11.3. The Labute approximate surface area is 194 Å². The highest BCUT2D eigenvalue weighted by atomic mass is 16.5. The van der Waals surface area contributed by atoms with Gasteiger partial charge in [-0.3, -0.25) is 9.59 Å². The van der Waals surface area contributed by atoms with Gasteiger partial charge in [0.25, 0.3) is 11.7 Å². The van der Waals surface area contributed by atoms with E-state index in [-0.39, 0.29) is 11.3 Å². The van der Waals surface area contributed by atoms with Gasteiger partial charge in [-0.15, -0.1) is 0 Å². The van der Waals surface area contributed by atoms with Crippen LogP contribution < -0.4 is 9.47 Å². The highest BCUT2D eigenvalue weighted by molar-refractivity contribution is 6.46. The van der Waals surface area contributed by atoms with Crippen LogP contribution >= 0.6 is 0 Å². The van der Waals surface area contributed by atoms with E-state index in [0.29, 0.717) is 48.8 Å². The SMILES string of the molecule is CCOc1ccc(C2C(=C(O)c3cc(C)ccc3C)C(=O)C(=O)N2CCCOC)cc1OC. The molecular formula is C26H31NO6. The molecular weight excluding hydrogens is 422 g/mol. The molecule has 3 rings (SSSR count). The highest BCUT2D eigenvalue weighted by Gasteiger charge is 2.46. The van der Waals surface area contributed by atoms with Crippen LogP contribution in [-0.2, 0) is 14.3 Å². The van der Waals surface area contributed by atoms with Crippen LogP contribution in [0.1, 0.15) is 41.6 Å². The first-order chi connectivity index (χ1) is 15.8. The number of aliphatic hydroxyl groups is 1. The van der Waals surface area contributed by atoms with Crippen molar-refractivity contribution in [2.75, 3.05) is 34.0 Å². The number of amides is 1. The second kappa shape index (κ2) is 10.5. The van der Waals surface area contributed by atoms with E-state index in [2.05, 4.69) is 0 Å². The van der Waals surface area contributed by atoms with Gasteiger partial charge in [-0.1, -0.05) is 23.8 Å². The Bertz CT molecular complexity index is 1070. The van der Waals surface area contributed by atoms with Crippen molar-refractivity contribution < 1.29 is 28.9 Å². The lowest BCUT2D eigenvalue weighted by Crippen LogP contribution is -2.31. The van der Waals surface area contributed by atoms with Crippen molar-refractivity contribution in [3.05, 3.63) is 64.2 Å². The molecule has 0 saturated carbocycles. The lowest BCUT2D eigenvalue weighted by atomic mass is 9.93. The summed E-state index contributed by atoms with van der Waals surface area (Å²) in [7, 11) is 3.12. The monoisotopic (exact) mass is 453 g/mol. The van der Waals surface area contributed by atoms with Gasteiger partial charge in [0.2, 0.25) is 0 Å². The van der Waals surface area contributed by atoms with Crippen LogP contribution in [0.25, 0.3) is 5.76 Å². The molecule has 0 aliphatic carbocycles. The van der Waals surface area contributed by atoms with E-state index >= 15 is 0 Å². The second-order valence-corrected chi connectivity index (χ2v) is 8.00. The van der Waals surface area contributed by atoms with Gasteiger partial charge < -0.3 is 24.2 Å². The van der Waals surface area contributed by atoms with Crippen LogP contribution in [0, 0.1) is 13.8 Å². The summed E-state index contributed by atoms with van der Waals surface area (Å²) in [5.41, 5.74) is 3.01. The summed E-state index contributed by atoms with van der Waals surface area (Å²) in [5.74, 6) is -0.473. The Morgan fingerprint density at radius 2 is 1.82 bits per heavy atom. The minimum absolute atomic E-state index is 0.0670. The first kappa shape index (κ1) is 24.3. The average molecular weight is 454 g/mol. The Balaban J connectivity index is 2.19. The zero-order valence-electron chi connectivity index (χ0n) is 19.8. The molecule has 1 aliphatic rings. The third kappa shape index (κ3) is 4.88. The first-order valence-corrected chi connectivity index (χ1v) is 11.0. The standard InChI is InChI=1S/C26H31NO6/c1-6-33-20-11-10-18(15-21(20)32-5)23-22(24(28)19-14-16(2)8-9-17(19)3)25(29)26(30)27(23)12-7-13-31-4/h8-11,14-15,23,28H,6-7,12-13H2,1-5H3. The van der Waals surface area contributed by atoms with Crippen LogP contribution in [0.4, 0.5) is 0 Å². The van der Waals surface area contributed by atoms with Gasteiger partial charge in [0.1, 0.15) is 5.76 Å². The fourth-order valence-corrected chi connectivity index (χ4v) is 4.10. The third-order valence-corrected chi connectivity index (χ3v) is 5.74. The summed E-state index contributed by atoms with van der Waals surface area (Å²) in [6.07, 6.45) is 0.553. The van der Waals surface area contributed by atoms with Crippen molar-refractivity contribution in [2.45, 2.75) is 33.2 Å². The number of carbonyl (C=O) groups excluding carboxylic acids is 2. The number of likely N-dealkylation sites (tertiary alicyclic amines) is 1. The summed E-state index contributed by atoms with van der Waals surface area (Å²) in [6, 6.07) is 10.2. The Morgan fingerprint density at radius 3 is 2.48 bits per heavy atom. The predicted molar refractivity (Wildman–Crippen MR) is 126 cm³/mol. The normalized spacial score (nSPS) is 17.5. The number of aryl methyl sites for hydroxylation is 2. The van der Waals surface area contributed by atoms with E-state index in [1.54, 1.807) is 25.3 Å². The van der Waals surface area contributed by atoms with E-state index in [1.165, 1.54) is 12.0 Å². The molecule has 33 heavy (non-hydrogen) atoms. The maximum Gasteiger partial charge on any atom is 0.295 e. The quantitative estimate of drug-likeness (QED) is 0.266. The number of ketones is 1. The molecule has 0 spiro atoms. The molecule has 1 amide bonds. The molecule has 1 atom stereocenters. The Morgan fingerprint density at radius 1 is 1.06 bits per heavy atom. The van der Waals surface area contributed by atoms with Crippen molar-refractivity contribution in [1.82, 2.24) is 4.90 Å². The predicted octanol–water partition coefficient (Wildman–Crippen LogP) is 4.17. The van der Waals surface area contributed by atoms with Crippen molar-refractivity contribution in [3.63, 3.8) is 0 Å². The lowest BCUT2D eigenvalue weighted by molar-refractivity contribution is -0.140. The van der Waals surface area contributed by atoms with Crippen LogP contribution in [0.5, 0.6) is 11.5 Å². The molecule has 1 aliphatic heterocycles. The number of methoxy groups -OCH3 is 2. The molecule has 0 aromatic heterocycles. The average Bonchev–Trinajstić information content (AvgIpc) is 3.06. The van der Waals surface area contributed by atoms with Crippen LogP contribution in [0.15, 0.2) is 42.0 Å². The van der Waals surface area contributed by atoms with Crippen LogP contribution in [0.3, 0.4) is 0 Å². The van der Waals surface area contributed by atoms with Gasteiger partial charge >= 0.3 is 0 Å². The molecule has 1 fully saturated rings.